The summed E-state index contributed by atoms with van der Waals surface area (Å²) in [7, 11) is 0. The number of hydrogen-bond donors (Lipinski definition) is 0. The standard InChI is InChI=1S/C23H19N3O2/c1-16-12-14-19(15-13-16)26(18-8-4-3-5-9-18)23(27)21-11-7-6-10-20(21)22-24-17(2)28-25-22/h3-15H,1-2H3. The first-order valence-electron chi connectivity index (χ1n) is 8.99. The van der Waals surface area contributed by atoms with Crippen LogP contribution in [-0.2, 0) is 0 Å². The first kappa shape index (κ1) is 17.7. The molecule has 0 saturated carbocycles. The second-order valence-electron chi connectivity index (χ2n) is 6.49. The van der Waals surface area contributed by atoms with Gasteiger partial charge in [0.1, 0.15) is 0 Å². The lowest BCUT2D eigenvalue weighted by Gasteiger charge is -2.24. The van der Waals surface area contributed by atoms with Gasteiger partial charge in [-0.3, -0.25) is 9.69 Å². The van der Waals surface area contributed by atoms with E-state index in [9.17, 15) is 4.79 Å². The molecule has 0 aliphatic rings. The fourth-order valence-corrected chi connectivity index (χ4v) is 3.05. The van der Waals surface area contributed by atoms with Crippen LogP contribution in [0.5, 0.6) is 0 Å². The van der Waals surface area contributed by atoms with E-state index >= 15 is 0 Å². The molecule has 0 aliphatic carbocycles. The maximum atomic E-state index is 13.7. The van der Waals surface area contributed by atoms with Gasteiger partial charge < -0.3 is 4.52 Å². The molecule has 3 aromatic carbocycles. The summed E-state index contributed by atoms with van der Waals surface area (Å²) in [6, 6.07) is 24.8. The van der Waals surface area contributed by atoms with Crippen LogP contribution >= 0.6 is 0 Å². The molecule has 0 aliphatic heterocycles. The Bertz CT molecular complexity index is 1100. The van der Waals surface area contributed by atoms with Crippen molar-refractivity contribution in [1.82, 2.24) is 10.1 Å². The van der Waals surface area contributed by atoms with Crippen molar-refractivity contribution >= 4 is 17.3 Å². The molecule has 4 aromatic rings. The van der Waals surface area contributed by atoms with Crippen LogP contribution in [0.25, 0.3) is 11.4 Å². The lowest BCUT2D eigenvalue weighted by molar-refractivity contribution is 0.1000. The van der Waals surface area contributed by atoms with Gasteiger partial charge in [0.25, 0.3) is 5.91 Å². The minimum absolute atomic E-state index is 0.159. The Morgan fingerprint density at radius 3 is 2.14 bits per heavy atom. The van der Waals surface area contributed by atoms with Gasteiger partial charge in [-0.2, -0.15) is 4.98 Å². The Balaban J connectivity index is 1.84. The summed E-state index contributed by atoms with van der Waals surface area (Å²) in [6.45, 7) is 3.75. The van der Waals surface area contributed by atoms with Crippen LogP contribution in [0.15, 0.2) is 83.4 Å². The molecule has 0 saturated heterocycles. The van der Waals surface area contributed by atoms with Crippen LogP contribution in [0.3, 0.4) is 0 Å². The van der Waals surface area contributed by atoms with E-state index in [0.717, 1.165) is 16.9 Å². The van der Waals surface area contributed by atoms with Crippen molar-refractivity contribution in [1.29, 1.82) is 0 Å². The van der Waals surface area contributed by atoms with Gasteiger partial charge in [0.05, 0.1) is 5.56 Å². The molecule has 1 heterocycles. The third kappa shape index (κ3) is 3.42. The molecule has 1 amide bonds. The van der Waals surface area contributed by atoms with Gasteiger partial charge in [-0.05, 0) is 37.3 Å². The second-order valence-corrected chi connectivity index (χ2v) is 6.49. The van der Waals surface area contributed by atoms with E-state index in [4.69, 9.17) is 4.52 Å². The summed E-state index contributed by atoms with van der Waals surface area (Å²) in [5.74, 6) is 0.696. The van der Waals surface area contributed by atoms with Gasteiger partial charge in [-0.15, -0.1) is 0 Å². The lowest BCUT2D eigenvalue weighted by atomic mass is 10.0. The minimum atomic E-state index is -0.159. The number of amides is 1. The van der Waals surface area contributed by atoms with Crippen LogP contribution in [0.4, 0.5) is 11.4 Å². The summed E-state index contributed by atoms with van der Waals surface area (Å²) in [6.07, 6.45) is 0. The fourth-order valence-electron chi connectivity index (χ4n) is 3.05. The van der Waals surface area contributed by atoms with Gasteiger partial charge >= 0.3 is 0 Å². The van der Waals surface area contributed by atoms with Gasteiger partial charge in [0.2, 0.25) is 11.7 Å². The predicted octanol–water partition coefficient (Wildman–Crippen LogP) is 5.33. The van der Waals surface area contributed by atoms with Crippen LogP contribution in [0.1, 0.15) is 21.8 Å². The highest BCUT2D eigenvalue weighted by Gasteiger charge is 2.24. The number of hydrogen-bond acceptors (Lipinski definition) is 4. The maximum Gasteiger partial charge on any atom is 0.263 e. The molecule has 5 heteroatoms. The summed E-state index contributed by atoms with van der Waals surface area (Å²) in [4.78, 5) is 19.7. The highest BCUT2D eigenvalue weighted by molar-refractivity contribution is 6.13. The summed E-state index contributed by atoms with van der Waals surface area (Å²) < 4.78 is 5.11. The normalized spacial score (nSPS) is 10.6. The first-order chi connectivity index (χ1) is 13.6. The van der Waals surface area contributed by atoms with Crippen LogP contribution < -0.4 is 4.90 Å². The molecule has 0 unspecified atom stereocenters. The smallest absolute Gasteiger partial charge is 0.263 e. The van der Waals surface area contributed by atoms with Gasteiger partial charge in [0.15, 0.2) is 0 Å². The van der Waals surface area contributed by atoms with Gasteiger partial charge in [0, 0.05) is 23.9 Å². The highest BCUT2D eigenvalue weighted by atomic mass is 16.5. The van der Waals surface area contributed by atoms with Crippen LogP contribution in [0, 0.1) is 13.8 Å². The zero-order valence-corrected chi connectivity index (χ0v) is 15.7. The van der Waals surface area contributed by atoms with E-state index in [-0.39, 0.29) is 5.91 Å². The number of rotatable bonds is 4. The molecular formula is C23H19N3O2. The Morgan fingerprint density at radius 1 is 0.821 bits per heavy atom. The van der Waals surface area contributed by atoms with Crippen molar-refractivity contribution < 1.29 is 9.32 Å². The number of aromatic nitrogens is 2. The van der Waals surface area contributed by atoms with Crippen LogP contribution in [-0.4, -0.2) is 16.0 Å². The Kier molecular flexibility index (Phi) is 4.72. The Hall–Kier alpha value is -3.73. The molecule has 0 N–H and O–H groups in total. The number of carbonyl (C=O) groups excluding carboxylic acids is 1. The minimum Gasteiger partial charge on any atom is -0.339 e. The van der Waals surface area contributed by atoms with E-state index in [2.05, 4.69) is 10.1 Å². The Labute approximate surface area is 163 Å². The molecule has 0 bridgehead atoms. The number of aryl methyl sites for hydroxylation is 2. The topological polar surface area (TPSA) is 59.2 Å². The number of para-hydroxylation sites is 1. The number of carbonyl (C=O) groups is 1. The zero-order chi connectivity index (χ0) is 19.5. The molecule has 4 rings (SSSR count). The van der Waals surface area contributed by atoms with Crippen molar-refractivity contribution in [2.75, 3.05) is 4.90 Å². The number of benzene rings is 3. The quantitative estimate of drug-likeness (QED) is 0.488. The van der Waals surface area contributed by atoms with Crippen molar-refractivity contribution in [3.8, 4) is 11.4 Å². The Morgan fingerprint density at radius 2 is 1.46 bits per heavy atom. The zero-order valence-electron chi connectivity index (χ0n) is 15.7. The van der Waals surface area contributed by atoms with E-state index in [1.165, 1.54) is 0 Å². The van der Waals surface area contributed by atoms with Crippen LogP contribution in [0.2, 0.25) is 0 Å². The molecular weight excluding hydrogens is 350 g/mol. The van der Waals surface area contributed by atoms with Crippen molar-refractivity contribution in [2.45, 2.75) is 13.8 Å². The molecule has 138 valence electrons. The molecule has 1 aromatic heterocycles. The molecule has 0 spiro atoms. The van der Waals surface area contributed by atoms with Gasteiger partial charge in [-0.25, -0.2) is 0 Å². The average molecular weight is 369 g/mol. The molecule has 28 heavy (non-hydrogen) atoms. The third-order valence-electron chi connectivity index (χ3n) is 4.44. The number of anilines is 2. The van der Waals surface area contributed by atoms with E-state index < -0.39 is 0 Å². The maximum absolute atomic E-state index is 13.7. The average Bonchev–Trinajstić information content (AvgIpc) is 3.16. The molecule has 5 nitrogen and oxygen atoms in total. The fraction of sp³-hybridized carbons (Fsp3) is 0.0870. The first-order valence-corrected chi connectivity index (χ1v) is 8.99. The monoisotopic (exact) mass is 369 g/mol. The van der Waals surface area contributed by atoms with Crippen molar-refractivity contribution in [3.63, 3.8) is 0 Å². The van der Waals surface area contributed by atoms with E-state index in [1.54, 1.807) is 17.9 Å². The third-order valence-corrected chi connectivity index (χ3v) is 4.44. The summed E-state index contributed by atoms with van der Waals surface area (Å²) >= 11 is 0. The van der Waals surface area contributed by atoms with E-state index in [0.29, 0.717) is 22.8 Å². The van der Waals surface area contributed by atoms with Gasteiger partial charge in [-0.1, -0.05) is 59.3 Å². The molecule has 0 fully saturated rings. The summed E-state index contributed by atoms with van der Waals surface area (Å²) in [5, 5.41) is 3.99. The summed E-state index contributed by atoms with van der Waals surface area (Å²) in [5.41, 5.74) is 3.85. The second kappa shape index (κ2) is 7.48. The SMILES string of the molecule is Cc1ccc(N(C(=O)c2ccccc2-c2noc(C)n2)c2ccccc2)cc1. The number of nitrogens with zero attached hydrogens (tertiary/aromatic N) is 3. The highest BCUT2D eigenvalue weighted by Crippen LogP contribution is 2.30. The lowest BCUT2D eigenvalue weighted by Crippen LogP contribution is -2.26. The molecule has 0 radical (unpaired) electrons. The van der Waals surface area contributed by atoms with Crippen molar-refractivity contribution in [3.05, 3.63) is 95.9 Å². The molecule has 0 atom stereocenters. The van der Waals surface area contributed by atoms with E-state index in [1.807, 2.05) is 79.7 Å². The largest absolute Gasteiger partial charge is 0.339 e. The predicted molar refractivity (Wildman–Crippen MR) is 109 cm³/mol. The van der Waals surface area contributed by atoms with Crippen molar-refractivity contribution in [2.24, 2.45) is 0 Å².